The number of hydrogen-bond donors (Lipinski definition) is 2. The fourth-order valence-corrected chi connectivity index (χ4v) is 3.87. The summed E-state index contributed by atoms with van der Waals surface area (Å²) in [4.78, 5) is 16.5. The van der Waals surface area contributed by atoms with E-state index < -0.39 is 0 Å². The molecule has 1 heterocycles. The van der Waals surface area contributed by atoms with Gasteiger partial charge in [-0.3, -0.25) is 4.79 Å². The summed E-state index contributed by atoms with van der Waals surface area (Å²) in [6, 6.07) is 22.1. The monoisotopic (exact) mass is 376 g/mol. The van der Waals surface area contributed by atoms with Crippen LogP contribution in [0.25, 0.3) is 21.7 Å². The van der Waals surface area contributed by atoms with Crippen LogP contribution in [-0.2, 0) is 4.79 Å². The standard InChI is InChI=1S/C22H20N2O2S/c25-22(15-26-18-10-9-16-5-1-2-6-17(16)13-18)23-11-12-27-21-14-24-20-8-4-3-7-19(20)21/h1-10,13-14,24H,11-12,15H2,(H,23,25). The van der Waals surface area contributed by atoms with Crippen molar-refractivity contribution in [2.45, 2.75) is 4.90 Å². The molecule has 0 aliphatic rings. The molecule has 0 spiro atoms. The fourth-order valence-electron chi connectivity index (χ4n) is 2.97. The van der Waals surface area contributed by atoms with E-state index in [9.17, 15) is 4.79 Å². The number of carbonyl (C=O) groups is 1. The van der Waals surface area contributed by atoms with Crippen molar-refractivity contribution in [3.05, 3.63) is 72.9 Å². The molecule has 0 radical (unpaired) electrons. The summed E-state index contributed by atoms with van der Waals surface area (Å²) in [5.41, 5.74) is 1.13. The van der Waals surface area contributed by atoms with Gasteiger partial charge in [0.05, 0.1) is 0 Å². The number of para-hydroxylation sites is 1. The molecule has 0 aliphatic heterocycles. The summed E-state index contributed by atoms with van der Waals surface area (Å²) in [6.45, 7) is 0.625. The van der Waals surface area contributed by atoms with E-state index in [1.54, 1.807) is 11.8 Å². The normalized spacial score (nSPS) is 11.0. The zero-order chi connectivity index (χ0) is 18.5. The van der Waals surface area contributed by atoms with E-state index in [-0.39, 0.29) is 12.5 Å². The molecule has 5 heteroatoms. The average Bonchev–Trinajstić information content (AvgIpc) is 3.13. The third-order valence-electron chi connectivity index (χ3n) is 4.32. The first kappa shape index (κ1) is 17.5. The van der Waals surface area contributed by atoms with Gasteiger partial charge in [-0.1, -0.05) is 48.5 Å². The van der Waals surface area contributed by atoms with Crippen LogP contribution in [0.15, 0.2) is 77.8 Å². The highest BCUT2D eigenvalue weighted by Crippen LogP contribution is 2.27. The van der Waals surface area contributed by atoms with Crippen LogP contribution in [0.4, 0.5) is 0 Å². The molecule has 1 aromatic heterocycles. The van der Waals surface area contributed by atoms with Gasteiger partial charge in [-0.05, 0) is 29.0 Å². The molecule has 0 bridgehead atoms. The number of aromatic amines is 1. The van der Waals surface area contributed by atoms with Crippen molar-refractivity contribution in [2.75, 3.05) is 18.9 Å². The summed E-state index contributed by atoms with van der Waals surface area (Å²) >= 11 is 1.73. The zero-order valence-electron chi connectivity index (χ0n) is 14.8. The number of ether oxygens (including phenoxy) is 1. The minimum Gasteiger partial charge on any atom is -0.484 e. The van der Waals surface area contributed by atoms with E-state index in [1.807, 2.05) is 54.7 Å². The van der Waals surface area contributed by atoms with Gasteiger partial charge in [-0.25, -0.2) is 0 Å². The second-order valence-electron chi connectivity index (χ2n) is 6.19. The van der Waals surface area contributed by atoms with E-state index in [2.05, 4.69) is 28.5 Å². The fraction of sp³-hybridized carbons (Fsp3) is 0.136. The number of hydrogen-bond acceptors (Lipinski definition) is 3. The molecule has 136 valence electrons. The lowest BCUT2D eigenvalue weighted by Crippen LogP contribution is -2.30. The number of H-pyrrole nitrogens is 1. The van der Waals surface area contributed by atoms with E-state index in [0.717, 1.165) is 22.0 Å². The molecule has 27 heavy (non-hydrogen) atoms. The number of thioether (sulfide) groups is 1. The largest absolute Gasteiger partial charge is 0.484 e. The van der Waals surface area contributed by atoms with Crippen LogP contribution >= 0.6 is 11.8 Å². The molecule has 0 fully saturated rings. The van der Waals surface area contributed by atoms with E-state index in [1.165, 1.54) is 10.3 Å². The SMILES string of the molecule is O=C(COc1ccc2ccccc2c1)NCCSc1c[nH]c2ccccc12. The number of benzene rings is 3. The van der Waals surface area contributed by atoms with E-state index in [4.69, 9.17) is 4.74 Å². The van der Waals surface area contributed by atoms with Gasteiger partial charge in [0, 0.05) is 34.3 Å². The van der Waals surface area contributed by atoms with Crippen molar-refractivity contribution >= 4 is 39.3 Å². The lowest BCUT2D eigenvalue weighted by atomic mass is 10.1. The van der Waals surface area contributed by atoms with Gasteiger partial charge < -0.3 is 15.0 Å². The Balaban J connectivity index is 1.22. The summed E-state index contributed by atoms with van der Waals surface area (Å²) in [7, 11) is 0. The molecule has 1 amide bonds. The van der Waals surface area contributed by atoms with Gasteiger partial charge in [0.25, 0.3) is 5.91 Å². The third-order valence-corrected chi connectivity index (χ3v) is 5.38. The van der Waals surface area contributed by atoms with Crippen molar-refractivity contribution in [2.24, 2.45) is 0 Å². The van der Waals surface area contributed by atoms with Gasteiger partial charge in [0.2, 0.25) is 0 Å². The molecule has 3 aromatic carbocycles. The van der Waals surface area contributed by atoms with Gasteiger partial charge >= 0.3 is 0 Å². The summed E-state index contributed by atoms with van der Waals surface area (Å²) in [5, 5.41) is 6.38. The molecule has 4 aromatic rings. The van der Waals surface area contributed by atoms with Crippen LogP contribution < -0.4 is 10.1 Å². The summed E-state index contributed by atoms with van der Waals surface area (Å²) in [6.07, 6.45) is 2.01. The highest BCUT2D eigenvalue weighted by molar-refractivity contribution is 7.99. The van der Waals surface area contributed by atoms with E-state index >= 15 is 0 Å². The Morgan fingerprint density at radius 1 is 1.00 bits per heavy atom. The molecule has 0 aliphatic carbocycles. The maximum atomic E-state index is 12.0. The van der Waals surface area contributed by atoms with Crippen LogP contribution in [0.2, 0.25) is 0 Å². The third kappa shape index (κ3) is 4.26. The topological polar surface area (TPSA) is 54.1 Å². The van der Waals surface area contributed by atoms with E-state index in [0.29, 0.717) is 12.3 Å². The summed E-state index contributed by atoms with van der Waals surface area (Å²) < 4.78 is 5.61. The predicted molar refractivity (Wildman–Crippen MR) is 111 cm³/mol. The Hall–Kier alpha value is -2.92. The lowest BCUT2D eigenvalue weighted by Gasteiger charge is -2.08. The quantitative estimate of drug-likeness (QED) is 0.366. The minimum absolute atomic E-state index is 0.0239. The first-order valence-electron chi connectivity index (χ1n) is 8.87. The Morgan fingerprint density at radius 3 is 2.74 bits per heavy atom. The molecule has 0 saturated heterocycles. The molecule has 0 saturated carbocycles. The molecular weight excluding hydrogens is 356 g/mol. The van der Waals surface area contributed by atoms with Gasteiger partial charge in [0.1, 0.15) is 5.75 Å². The molecule has 2 N–H and O–H groups in total. The van der Waals surface area contributed by atoms with Crippen LogP contribution in [-0.4, -0.2) is 29.8 Å². The number of fused-ring (bicyclic) bond motifs is 2. The van der Waals surface area contributed by atoms with Gasteiger partial charge in [0.15, 0.2) is 6.61 Å². The number of rotatable bonds is 7. The highest BCUT2D eigenvalue weighted by atomic mass is 32.2. The van der Waals surface area contributed by atoms with Crippen molar-refractivity contribution in [3.8, 4) is 5.75 Å². The Bertz CT molecular complexity index is 1070. The highest BCUT2D eigenvalue weighted by Gasteiger charge is 2.05. The number of carbonyl (C=O) groups excluding carboxylic acids is 1. The second-order valence-corrected chi connectivity index (χ2v) is 7.33. The van der Waals surface area contributed by atoms with Crippen LogP contribution in [0.5, 0.6) is 5.75 Å². The molecule has 4 nitrogen and oxygen atoms in total. The van der Waals surface area contributed by atoms with Gasteiger partial charge in [-0.2, -0.15) is 0 Å². The van der Waals surface area contributed by atoms with Crippen molar-refractivity contribution in [3.63, 3.8) is 0 Å². The first-order valence-corrected chi connectivity index (χ1v) is 9.85. The first-order chi connectivity index (χ1) is 13.3. The minimum atomic E-state index is -0.109. The Morgan fingerprint density at radius 2 is 1.81 bits per heavy atom. The molecule has 0 unspecified atom stereocenters. The predicted octanol–water partition coefficient (Wildman–Crippen LogP) is 4.61. The Labute approximate surface area is 161 Å². The lowest BCUT2D eigenvalue weighted by molar-refractivity contribution is -0.122. The zero-order valence-corrected chi connectivity index (χ0v) is 15.6. The van der Waals surface area contributed by atoms with Crippen molar-refractivity contribution < 1.29 is 9.53 Å². The summed E-state index contributed by atoms with van der Waals surface area (Å²) in [5.74, 6) is 1.41. The maximum Gasteiger partial charge on any atom is 0.257 e. The van der Waals surface area contributed by atoms with Crippen molar-refractivity contribution in [1.82, 2.24) is 10.3 Å². The maximum absolute atomic E-state index is 12.0. The molecular formula is C22H20N2O2S. The molecule has 0 atom stereocenters. The van der Waals surface area contributed by atoms with Gasteiger partial charge in [-0.15, -0.1) is 11.8 Å². The molecule has 4 rings (SSSR count). The van der Waals surface area contributed by atoms with Crippen molar-refractivity contribution in [1.29, 1.82) is 0 Å². The number of nitrogens with one attached hydrogen (secondary N) is 2. The smallest absolute Gasteiger partial charge is 0.257 e. The number of aromatic nitrogens is 1. The Kier molecular flexibility index (Phi) is 5.30. The number of amides is 1. The van der Waals surface area contributed by atoms with Crippen LogP contribution in [0, 0.1) is 0 Å². The van der Waals surface area contributed by atoms with Crippen LogP contribution in [0.3, 0.4) is 0 Å². The van der Waals surface area contributed by atoms with Crippen LogP contribution in [0.1, 0.15) is 0 Å². The average molecular weight is 376 g/mol. The second kappa shape index (κ2) is 8.18.